The summed E-state index contributed by atoms with van der Waals surface area (Å²) in [6.45, 7) is 1.56. The molecule has 1 amide bonds. The fraction of sp³-hybridized carbons (Fsp3) is 0.250. The minimum atomic E-state index is -4.75. The van der Waals surface area contributed by atoms with Crippen LogP contribution in [0.25, 0.3) is 10.9 Å². The molecule has 13 heteroatoms. The molecular weight excluding hydrogens is 511 g/mol. The number of nitro groups is 1. The summed E-state index contributed by atoms with van der Waals surface area (Å²) in [6.07, 6.45) is -4.27. The van der Waals surface area contributed by atoms with E-state index in [1.165, 1.54) is 7.11 Å². The van der Waals surface area contributed by atoms with Crippen LogP contribution in [0, 0.1) is 10.1 Å². The smallest absolute Gasteiger partial charge is 0.416 e. The second-order valence-corrected chi connectivity index (χ2v) is 7.78. The fourth-order valence-corrected chi connectivity index (χ4v) is 3.60. The topological polar surface area (TPSA) is 119 Å². The molecule has 0 aliphatic rings. The molecule has 0 bridgehead atoms. The van der Waals surface area contributed by atoms with E-state index in [0.717, 1.165) is 12.1 Å². The largest absolute Gasteiger partial charge is 0.495 e. The number of halogens is 4. The van der Waals surface area contributed by atoms with Crippen LogP contribution in [-0.4, -0.2) is 28.4 Å². The predicted molar refractivity (Wildman–Crippen MR) is 117 cm³/mol. The standard InChI is InChI=1S/C20H17BrF3N5O4/c1-10(11-3-12(20(22,23)24)5-13(4-11)29(31)32)26-19-14-6-15(21)17(33-2)7-16(14)27-18(28-19)8-25-9-30/h3-7,9-10H,8H2,1-2H3,(H,25,30)(H,26,27,28). The fourth-order valence-electron chi connectivity index (χ4n) is 3.10. The van der Waals surface area contributed by atoms with Crippen molar-refractivity contribution in [2.45, 2.75) is 25.7 Å². The zero-order valence-electron chi connectivity index (χ0n) is 17.2. The van der Waals surface area contributed by atoms with Crippen molar-refractivity contribution in [1.29, 1.82) is 0 Å². The molecule has 0 radical (unpaired) electrons. The number of hydrogen-bond acceptors (Lipinski definition) is 7. The van der Waals surface area contributed by atoms with Crippen LogP contribution < -0.4 is 15.4 Å². The molecule has 0 saturated carbocycles. The second-order valence-electron chi connectivity index (χ2n) is 6.93. The molecule has 1 unspecified atom stereocenters. The first-order valence-electron chi connectivity index (χ1n) is 9.37. The van der Waals surface area contributed by atoms with Gasteiger partial charge in [0, 0.05) is 23.6 Å². The lowest BCUT2D eigenvalue weighted by Crippen LogP contribution is -2.16. The number of nitrogens with one attached hydrogen (secondary N) is 2. The maximum atomic E-state index is 13.3. The molecule has 2 aromatic carbocycles. The Balaban J connectivity index is 2.09. The number of benzene rings is 2. The molecule has 0 spiro atoms. The van der Waals surface area contributed by atoms with Gasteiger partial charge in [0.2, 0.25) is 6.41 Å². The van der Waals surface area contributed by atoms with Crippen LogP contribution in [0.4, 0.5) is 24.7 Å². The van der Waals surface area contributed by atoms with Crippen LogP contribution in [-0.2, 0) is 17.5 Å². The Hall–Kier alpha value is -3.48. The number of non-ortho nitro benzene ring substituents is 1. The number of amides is 1. The Morgan fingerprint density at radius 1 is 1.24 bits per heavy atom. The van der Waals surface area contributed by atoms with Crippen LogP contribution in [0.3, 0.4) is 0 Å². The van der Waals surface area contributed by atoms with E-state index < -0.39 is 28.4 Å². The lowest BCUT2D eigenvalue weighted by molar-refractivity contribution is -0.385. The second kappa shape index (κ2) is 9.57. The van der Waals surface area contributed by atoms with Crippen molar-refractivity contribution in [2.75, 3.05) is 12.4 Å². The van der Waals surface area contributed by atoms with Gasteiger partial charge in [-0.2, -0.15) is 13.2 Å². The molecule has 0 saturated heterocycles. The van der Waals surface area contributed by atoms with Gasteiger partial charge in [0.05, 0.1) is 40.2 Å². The summed E-state index contributed by atoms with van der Waals surface area (Å²) in [5, 5.41) is 17.2. The summed E-state index contributed by atoms with van der Waals surface area (Å²) < 4.78 is 45.7. The first-order valence-corrected chi connectivity index (χ1v) is 10.2. The molecule has 0 aliphatic heterocycles. The molecule has 1 heterocycles. The zero-order valence-corrected chi connectivity index (χ0v) is 18.8. The van der Waals surface area contributed by atoms with Crippen LogP contribution in [0.2, 0.25) is 0 Å². The molecule has 2 N–H and O–H groups in total. The lowest BCUT2D eigenvalue weighted by Gasteiger charge is -2.19. The van der Waals surface area contributed by atoms with Gasteiger partial charge in [0.25, 0.3) is 5.69 Å². The summed E-state index contributed by atoms with van der Waals surface area (Å²) in [5.41, 5.74) is -1.30. The Labute approximate surface area is 193 Å². The van der Waals surface area contributed by atoms with Gasteiger partial charge in [0.1, 0.15) is 11.6 Å². The number of fused-ring (bicyclic) bond motifs is 1. The van der Waals surface area contributed by atoms with Gasteiger partial charge in [-0.05, 0) is 40.5 Å². The summed E-state index contributed by atoms with van der Waals surface area (Å²) in [7, 11) is 1.48. The number of rotatable bonds is 8. The Morgan fingerprint density at radius 2 is 1.97 bits per heavy atom. The first-order chi connectivity index (χ1) is 15.5. The average molecular weight is 528 g/mol. The summed E-state index contributed by atoms with van der Waals surface area (Å²) in [4.78, 5) is 29.7. The molecule has 1 aromatic heterocycles. The zero-order chi connectivity index (χ0) is 24.3. The Morgan fingerprint density at radius 3 is 2.58 bits per heavy atom. The van der Waals surface area contributed by atoms with E-state index >= 15 is 0 Å². The van der Waals surface area contributed by atoms with Gasteiger partial charge in [-0.25, -0.2) is 9.97 Å². The highest BCUT2D eigenvalue weighted by Crippen LogP contribution is 2.36. The van der Waals surface area contributed by atoms with Gasteiger partial charge in [0.15, 0.2) is 5.82 Å². The quantitative estimate of drug-likeness (QED) is 0.246. The van der Waals surface area contributed by atoms with E-state index in [2.05, 4.69) is 36.5 Å². The molecule has 3 rings (SSSR count). The minimum Gasteiger partial charge on any atom is -0.495 e. The lowest BCUT2D eigenvalue weighted by atomic mass is 10.0. The number of nitro benzene ring substituents is 1. The van der Waals surface area contributed by atoms with E-state index in [9.17, 15) is 28.1 Å². The van der Waals surface area contributed by atoms with E-state index in [1.54, 1.807) is 19.1 Å². The number of aromatic nitrogens is 2. The van der Waals surface area contributed by atoms with Crippen molar-refractivity contribution in [1.82, 2.24) is 15.3 Å². The van der Waals surface area contributed by atoms with E-state index in [0.29, 0.717) is 33.6 Å². The normalized spacial score (nSPS) is 12.3. The Bertz CT molecular complexity index is 1220. The van der Waals surface area contributed by atoms with Crippen LogP contribution >= 0.6 is 15.9 Å². The number of nitrogens with zero attached hydrogens (tertiary/aromatic N) is 3. The highest BCUT2D eigenvalue weighted by molar-refractivity contribution is 9.10. The SMILES string of the molecule is COc1cc2nc(CNC=O)nc(NC(C)c3cc([N+](=O)[O-])cc(C(F)(F)F)c3)c2cc1Br. The average Bonchev–Trinajstić information content (AvgIpc) is 2.76. The van der Waals surface area contributed by atoms with Gasteiger partial charge in [-0.1, -0.05) is 0 Å². The maximum Gasteiger partial charge on any atom is 0.416 e. The van der Waals surface area contributed by atoms with Crippen molar-refractivity contribution in [3.63, 3.8) is 0 Å². The number of anilines is 1. The Kier molecular flexibility index (Phi) is 7.01. The van der Waals surface area contributed by atoms with Crippen molar-refractivity contribution in [3.05, 3.63) is 61.9 Å². The van der Waals surface area contributed by atoms with Gasteiger partial charge >= 0.3 is 6.18 Å². The molecule has 0 fully saturated rings. The maximum absolute atomic E-state index is 13.3. The van der Waals surface area contributed by atoms with Crippen molar-refractivity contribution in [2.24, 2.45) is 0 Å². The number of alkyl halides is 3. The number of hydrogen-bond donors (Lipinski definition) is 2. The summed E-state index contributed by atoms with van der Waals surface area (Å²) in [6, 6.07) is 4.93. The van der Waals surface area contributed by atoms with Gasteiger partial charge < -0.3 is 15.4 Å². The summed E-state index contributed by atoms with van der Waals surface area (Å²) in [5.74, 6) is 0.991. The minimum absolute atomic E-state index is 0.00983. The van der Waals surface area contributed by atoms with Crippen LogP contribution in [0.5, 0.6) is 5.75 Å². The number of methoxy groups -OCH3 is 1. The molecule has 174 valence electrons. The third kappa shape index (κ3) is 5.48. The molecular formula is C20H17BrF3N5O4. The highest BCUT2D eigenvalue weighted by Gasteiger charge is 2.33. The van der Waals surface area contributed by atoms with Crippen molar-refractivity contribution >= 4 is 44.7 Å². The molecule has 0 aliphatic carbocycles. The monoisotopic (exact) mass is 527 g/mol. The molecule has 33 heavy (non-hydrogen) atoms. The van der Waals surface area contributed by atoms with Crippen molar-refractivity contribution < 1.29 is 27.6 Å². The number of ether oxygens (including phenoxy) is 1. The van der Waals surface area contributed by atoms with Crippen LogP contribution in [0.1, 0.15) is 29.9 Å². The third-order valence-corrected chi connectivity index (χ3v) is 5.31. The molecule has 3 aromatic rings. The highest BCUT2D eigenvalue weighted by atomic mass is 79.9. The van der Waals surface area contributed by atoms with Crippen LogP contribution in [0.15, 0.2) is 34.8 Å². The van der Waals surface area contributed by atoms with E-state index in [4.69, 9.17) is 4.74 Å². The summed E-state index contributed by atoms with van der Waals surface area (Å²) >= 11 is 3.37. The van der Waals surface area contributed by atoms with E-state index in [-0.39, 0.29) is 23.8 Å². The van der Waals surface area contributed by atoms with Gasteiger partial charge in [-0.3, -0.25) is 14.9 Å². The first kappa shape index (κ1) is 24.2. The van der Waals surface area contributed by atoms with Gasteiger partial charge in [-0.15, -0.1) is 0 Å². The van der Waals surface area contributed by atoms with E-state index in [1.807, 2.05) is 0 Å². The number of carbonyl (C=O) groups is 1. The third-order valence-electron chi connectivity index (χ3n) is 4.69. The predicted octanol–water partition coefficient (Wildman–Crippen LogP) is 4.75. The molecule has 1 atom stereocenters. The van der Waals surface area contributed by atoms with Crippen molar-refractivity contribution in [3.8, 4) is 5.75 Å². The number of carbonyl (C=O) groups excluding carboxylic acids is 1. The molecule has 9 nitrogen and oxygen atoms in total.